The Labute approximate surface area is 586 Å². The lowest BCUT2D eigenvalue weighted by Crippen LogP contribution is -2.30. The lowest BCUT2D eigenvalue weighted by Gasteiger charge is -2.21. The average molecular weight is 1410 g/mol. The molecule has 566 valence electrons. The van der Waals surface area contributed by atoms with E-state index in [1.54, 1.807) is 0 Å². The van der Waals surface area contributed by atoms with E-state index in [4.69, 9.17) is 37.0 Å². The van der Waals surface area contributed by atoms with E-state index in [-0.39, 0.29) is 25.7 Å². The maximum absolute atomic E-state index is 13.1. The van der Waals surface area contributed by atoms with Crippen LogP contribution in [-0.2, 0) is 65.4 Å². The standard InChI is InChI=1S/C77H146O17P2/c1-7-10-12-14-16-18-20-22-24-25-27-29-33-37-41-49-55-61-76(81)93-72(65-87-74(79)59-53-47-40-36-32-28-26-23-21-19-17-15-13-11-8-2)67-91-95(83,84)89-63-71(78)64-90-96(85,86)92-68-73(66-88-75(80)60-54-48-44-43-46-52-58-70(6)9-3)94-77(82)62-56-50-42-38-34-30-31-35-39-45-51-57-69(4)5/h19,21,23,26,69-73,78H,7-18,20,22,24-25,27-68H2,1-6H3,(H,83,84)(H,85,86)/b21-19-,26-23-/t70?,71-,72-,73-/m1/s1. The number of ether oxygens (including phenoxy) is 4. The fourth-order valence-electron chi connectivity index (χ4n) is 11.3. The fourth-order valence-corrected chi connectivity index (χ4v) is 12.8. The Morgan fingerprint density at radius 3 is 0.938 bits per heavy atom. The van der Waals surface area contributed by atoms with Gasteiger partial charge in [-0.2, -0.15) is 0 Å². The third-order valence-electron chi connectivity index (χ3n) is 17.7. The molecule has 0 amide bonds. The lowest BCUT2D eigenvalue weighted by atomic mass is 10.00. The van der Waals surface area contributed by atoms with E-state index in [9.17, 15) is 43.2 Å². The summed E-state index contributed by atoms with van der Waals surface area (Å²) in [6, 6.07) is 0. The molecule has 3 unspecified atom stereocenters. The van der Waals surface area contributed by atoms with Crippen LogP contribution < -0.4 is 0 Å². The second kappa shape index (κ2) is 68.3. The van der Waals surface area contributed by atoms with Crippen LogP contribution in [0.5, 0.6) is 0 Å². The van der Waals surface area contributed by atoms with Gasteiger partial charge in [0.15, 0.2) is 12.2 Å². The highest BCUT2D eigenvalue weighted by Crippen LogP contribution is 2.45. The van der Waals surface area contributed by atoms with Crippen LogP contribution in [0.3, 0.4) is 0 Å². The highest BCUT2D eigenvalue weighted by Gasteiger charge is 2.30. The third-order valence-corrected chi connectivity index (χ3v) is 19.6. The maximum atomic E-state index is 13.1. The van der Waals surface area contributed by atoms with Gasteiger partial charge in [-0.3, -0.25) is 37.3 Å². The number of allylic oxidation sites excluding steroid dienone is 4. The second-order valence-corrected chi connectivity index (χ2v) is 30.7. The van der Waals surface area contributed by atoms with E-state index in [1.165, 1.54) is 167 Å². The van der Waals surface area contributed by atoms with Gasteiger partial charge < -0.3 is 33.8 Å². The molecule has 0 saturated heterocycles. The summed E-state index contributed by atoms with van der Waals surface area (Å²) in [5.74, 6) is -0.653. The van der Waals surface area contributed by atoms with Crippen LogP contribution in [-0.4, -0.2) is 96.7 Å². The van der Waals surface area contributed by atoms with E-state index in [2.05, 4.69) is 65.8 Å². The number of hydrogen-bond acceptors (Lipinski definition) is 15. The molecule has 19 heteroatoms. The Bertz CT molecular complexity index is 1950. The Morgan fingerprint density at radius 1 is 0.344 bits per heavy atom. The van der Waals surface area contributed by atoms with Crippen molar-refractivity contribution >= 4 is 39.5 Å². The van der Waals surface area contributed by atoms with Crippen LogP contribution in [0.2, 0.25) is 0 Å². The van der Waals surface area contributed by atoms with Crippen molar-refractivity contribution < 1.29 is 80.2 Å². The Balaban J connectivity index is 5.29. The number of aliphatic hydroxyl groups excluding tert-OH is 1. The normalized spacial score (nSPS) is 14.4. The number of phosphoric ester groups is 2. The highest BCUT2D eigenvalue weighted by molar-refractivity contribution is 7.47. The number of carbonyl (C=O) groups is 4. The van der Waals surface area contributed by atoms with Crippen LogP contribution in [0.1, 0.15) is 375 Å². The molecule has 0 rings (SSSR count). The quantitative estimate of drug-likeness (QED) is 0.0169. The molecule has 0 heterocycles. The number of esters is 4. The van der Waals surface area contributed by atoms with Crippen molar-refractivity contribution in [1.82, 2.24) is 0 Å². The summed E-state index contributed by atoms with van der Waals surface area (Å²) in [5.41, 5.74) is 0. The van der Waals surface area contributed by atoms with Gasteiger partial charge in [0.2, 0.25) is 0 Å². The van der Waals surface area contributed by atoms with Crippen molar-refractivity contribution in [3.8, 4) is 0 Å². The molecule has 0 aliphatic heterocycles. The van der Waals surface area contributed by atoms with Crippen molar-refractivity contribution in [3.63, 3.8) is 0 Å². The molecule has 0 saturated carbocycles. The molecule has 0 radical (unpaired) electrons. The summed E-state index contributed by atoms with van der Waals surface area (Å²) in [7, 11) is -9.93. The molecule has 0 aromatic rings. The van der Waals surface area contributed by atoms with Crippen LogP contribution in [0.4, 0.5) is 0 Å². The SMILES string of the molecule is CCCCCC/C=C\C=C/CCCCCCCC(=O)OC[C@H](COP(=O)(O)OC[C@@H](O)COP(=O)(O)OC[C@@H](COC(=O)CCCCCCCCC(C)CC)OC(=O)CCCCCCCCCCCCCC(C)C)OC(=O)CCCCCCCCCCCCCCCCCCC. The van der Waals surface area contributed by atoms with Crippen molar-refractivity contribution in [2.45, 2.75) is 394 Å². The molecule has 0 aromatic heterocycles. The van der Waals surface area contributed by atoms with Crippen molar-refractivity contribution in [2.75, 3.05) is 39.6 Å². The van der Waals surface area contributed by atoms with E-state index in [0.717, 1.165) is 127 Å². The van der Waals surface area contributed by atoms with Gasteiger partial charge in [-0.25, -0.2) is 9.13 Å². The smallest absolute Gasteiger partial charge is 0.462 e. The summed E-state index contributed by atoms with van der Waals surface area (Å²) >= 11 is 0. The molecular formula is C77H146O17P2. The minimum absolute atomic E-state index is 0.101. The van der Waals surface area contributed by atoms with E-state index in [1.807, 2.05) is 0 Å². The summed E-state index contributed by atoms with van der Waals surface area (Å²) in [6.07, 6.45) is 59.1. The van der Waals surface area contributed by atoms with Gasteiger partial charge in [-0.1, -0.05) is 323 Å². The summed E-state index contributed by atoms with van der Waals surface area (Å²) in [6.45, 7) is 9.50. The predicted molar refractivity (Wildman–Crippen MR) is 391 cm³/mol. The number of phosphoric acid groups is 2. The zero-order chi connectivity index (χ0) is 70.7. The van der Waals surface area contributed by atoms with Crippen molar-refractivity contribution in [2.24, 2.45) is 11.8 Å². The van der Waals surface area contributed by atoms with Gasteiger partial charge in [-0.05, 0) is 63.2 Å². The van der Waals surface area contributed by atoms with Gasteiger partial charge >= 0.3 is 39.5 Å². The van der Waals surface area contributed by atoms with Crippen LogP contribution in [0.15, 0.2) is 24.3 Å². The molecule has 0 spiro atoms. The first-order valence-corrected chi connectivity index (χ1v) is 42.3. The predicted octanol–water partition coefficient (Wildman–Crippen LogP) is 22.3. The Kier molecular flexibility index (Phi) is 66.6. The first-order valence-electron chi connectivity index (χ1n) is 39.3. The molecule has 0 bridgehead atoms. The molecule has 17 nitrogen and oxygen atoms in total. The zero-order valence-electron chi connectivity index (χ0n) is 62.2. The van der Waals surface area contributed by atoms with E-state index in [0.29, 0.717) is 25.7 Å². The van der Waals surface area contributed by atoms with Gasteiger partial charge in [0.1, 0.15) is 19.3 Å². The fraction of sp³-hybridized carbons (Fsp3) is 0.896. The average Bonchev–Trinajstić information content (AvgIpc) is 1.23. The zero-order valence-corrected chi connectivity index (χ0v) is 63.9. The van der Waals surface area contributed by atoms with Crippen LogP contribution >= 0.6 is 15.6 Å². The first kappa shape index (κ1) is 93.5. The monoisotopic (exact) mass is 1410 g/mol. The maximum Gasteiger partial charge on any atom is 0.472 e. The third kappa shape index (κ3) is 68.7. The van der Waals surface area contributed by atoms with Crippen molar-refractivity contribution in [1.29, 1.82) is 0 Å². The van der Waals surface area contributed by atoms with Crippen molar-refractivity contribution in [3.05, 3.63) is 24.3 Å². The summed E-state index contributed by atoms with van der Waals surface area (Å²) in [5, 5.41) is 10.6. The molecule has 6 atom stereocenters. The molecule has 96 heavy (non-hydrogen) atoms. The number of unbranched alkanes of at least 4 members (excludes halogenated alkanes) is 40. The number of aliphatic hydroxyl groups is 1. The highest BCUT2D eigenvalue weighted by atomic mass is 31.2. The Morgan fingerprint density at radius 2 is 0.615 bits per heavy atom. The number of carbonyl (C=O) groups excluding carboxylic acids is 4. The minimum atomic E-state index is -4.97. The topological polar surface area (TPSA) is 237 Å². The molecule has 0 fully saturated rings. The lowest BCUT2D eigenvalue weighted by molar-refractivity contribution is -0.161. The van der Waals surface area contributed by atoms with Gasteiger partial charge in [0.25, 0.3) is 0 Å². The van der Waals surface area contributed by atoms with E-state index < -0.39 is 97.5 Å². The molecule has 0 aromatic carbocycles. The number of hydrogen-bond donors (Lipinski definition) is 3. The first-order chi connectivity index (χ1) is 46.4. The largest absolute Gasteiger partial charge is 0.472 e. The summed E-state index contributed by atoms with van der Waals surface area (Å²) < 4.78 is 68.5. The number of rotatable bonds is 74. The van der Waals surface area contributed by atoms with Crippen LogP contribution in [0, 0.1) is 11.8 Å². The van der Waals surface area contributed by atoms with E-state index >= 15 is 0 Å². The summed E-state index contributed by atoms with van der Waals surface area (Å²) in [4.78, 5) is 72.8. The molecular weight excluding hydrogens is 1260 g/mol. The van der Waals surface area contributed by atoms with Crippen LogP contribution in [0.25, 0.3) is 0 Å². The Hall–Kier alpha value is -2.46. The van der Waals surface area contributed by atoms with Gasteiger partial charge in [-0.15, -0.1) is 0 Å². The van der Waals surface area contributed by atoms with Gasteiger partial charge in [0.05, 0.1) is 26.4 Å². The molecule has 3 N–H and O–H groups in total. The molecule has 0 aliphatic carbocycles. The van der Waals surface area contributed by atoms with Gasteiger partial charge in [0, 0.05) is 25.7 Å². The second-order valence-electron chi connectivity index (χ2n) is 27.8. The minimum Gasteiger partial charge on any atom is -0.462 e. The molecule has 0 aliphatic rings.